The van der Waals surface area contributed by atoms with Gasteiger partial charge >= 0.3 is 0 Å². The third-order valence-corrected chi connectivity index (χ3v) is 3.13. The molecule has 0 radical (unpaired) electrons. The number of anilines is 3. The van der Waals surface area contributed by atoms with Gasteiger partial charge in [-0.1, -0.05) is 0 Å². The normalized spacial score (nSPS) is 10.4. The van der Waals surface area contributed by atoms with E-state index in [9.17, 15) is 0 Å². The molecule has 0 atom stereocenters. The zero-order valence-electron chi connectivity index (χ0n) is 12.5. The molecule has 0 fully saturated rings. The molecule has 21 heavy (non-hydrogen) atoms. The summed E-state index contributed by atoms with van der Waals surface area (Å²) < 4.78 is 0. The molecule has 0 spiro atoms. The quantitative estimate of drug-likeness (QED) is 0.794. The second-order valence-corrected chi connectivity index (χ2v) is 4.52. The minimum Gasteiger partial charge on any atom is -0.368 e. The fourth-order valence-corrected chi connectivity index (χ4v) is 1.98. The molecule has 7 nitrogen and oxygen atoms in total. The Kier molecular flexibility index (Phi) is 5.25. The van der Waals surface area contributed by atoms with Crippen LogP contribution in [0.15, 0.2) is 24.5 Å². The smallest absolute Gasteiger partial charge is 0.231 e. The van der Waals surface area contributed by atoms with Gasteiger partial charge in [-0.25, -0.2) is 0 Å². The fourth-order valence-electron chi connectivity index (χ4n) is 1.98. The van der Waals surface area contributed by atoms with Crippen LogP contribution in [0.1, 0.15) is 19.4 Å². The Bertz CT molecular complexity index is 555. The number of hydrogen-bond acceptors (Lipinski definition) is 7. The fraction of sp³-hybridized carbons (Fsp3) is 0.429. The van der Waals surface area contributed by atoms with Crippen LogP contribution in [0.2, 0.25) is 0 Å². The number of nitrogens with one attached hydrogen (secondary N) is 1. The molecule has 2 heterocycles. The van der Waals surface area contributed by atoms with Gasteiger partial charge in [0, 0.05) is 32.0 Å². The molecule has 0 aliphatic heterocycles. The highest BCUT2D eigenvalue weighted by Gasteiger charge is 2.09. The highest BCUT2D eigenvalue weighted by atomic mass is 15.3. The van der Waals surface area contributed by atoms with Crippen LogP contribution < -0.4 is 16.0 Å². The predicted octanol–water partition coefficient (Wildman–Crippen LogP) is 1.35. The molecule has 2 rings (SSSR count). The van der Waals surface area contributed by atoms with Crippen LogP contribution in [0, 0.1) is 0 Å². The van der Waals surface area contributed by atoms with E-state index in [0.29, 0.717) is 11.9 Å². The minimum atomic E-state index is 0.235. The Balaban J connectivity index is 1.99. The van der Waals surface area contributed by atoms with Crippen molar-refractivity contribution >= 4 is 17.8 Å². The zero-order chi connectivity index (χ0) is 15.1. The van der Waals surface area contributed by atoms with Crippen LogP contribution in [0.5, 0.6) is 0 Å². The number of hydrogen-bond donors (Lipinski definition) is 2. The van der Waals surface area contributed by atoms with Crippen LogP contribution in [0.3, 0.4) is 0 Å². The summed E-state index contributed by atoms with van der Waals surface area (Å²) in [6.45, 7) is 6.50. The van der Waals surface area contributed by atoms with E-state index < -0.39 is 0 Å². The van der Waals surface area contributed by atoms with Crippen molar-refractivity contribution in [3.05, 3.63) is 30.1 Å². The van der Waals surface area contributed by atoms with Gasteiger partial charge in [-0.2, -0.15) is 15.0 Å². The SMILES string of the molecule is CCN(CC)c1nc(N)nc(NCCc2ccncc2)n1. The lowest BCUT2D eigenvalue weighted by Crippen LogP contribution is -2.25. The van der Waals surface area contributed by atoms with E-state index in [2.05, 4.69) is 39.1 Å². The first-order chi connectivity index (χ1) is 10.2. The average molecular weight is 287 g/mol. The predicted molar refractivity (Wildman–Crippen MR) is 84.2 cm³/mol. The largest absolute Gasteiger partial charge is 0.368 e. The number of pyridine rings is 1. The van der Waals surface area contributed by atoms with Crippen molar-refractivity contribution in [2.24, 2.45) is 0 Å². The van der Waals surface area contributed by atoms with Gasteiger partial charge in [-0.15, -0.1) is 0 Å². The molecule has 2 aromatic heterocycles. The molecule has 0 saturated carbocycles. The average Bonchev–Trinajstić information content (AvgIpc) is 2.49. The Hall–Kier alpha value is -2.44. The van der Waals surface area contributed by atoms with E-state index in [1.54, 1.807) is 12.4 Å². The van der Waals surface area contributed by atoms with Gasteiger partial charge in [0.05, 0.1) is 0 Å². The summed E-state index contributed by atoms with van der Waals surface area (Å²) in [4.78, 5) is 18.7. The first-order valence-electron chi connectivity index (χ1n) is 7.12. The van der Waals surface area contributed by atoms with Crippen LogP contribution in [0.4, 0.5) is 17.8 Å². The molecule has 7 heteroatoms. The highest BCUT2D eigenvalue weighted by molar-refractivity contribution is 5.41. The summed E-state index contributed by atoms with van der Waals surface area (Å²) in [5.74, 6) is 1.36. The van der Waals surface area contributed by atoms with Gasteiger partial charge < -0.3 is 16.0 Å². The lowest BCUT2D eigenvalue weighted by molar-refractivity contribution is 0.813. The van der Waals surface area contributed by atoms with E-state index >= 15 is 0 Å². The Morgan fingerprint density at radius 1 is 1.10 bits per heavy atom. The van der Waals surface area contributed by atoms with Crippen molar-refractivity contribution < 1.29 is 0 Å². The minimum absolute atomic E-state index is 0.235. The Labute approximate surface area is 124 Å². The molecule has 0 bridgehead atoms. The molecule has 2 aromatic rings. The number of nitrogen functional groups attached to an aromatic ring is 1. The van der Waals surface area contributed by atoms with Crippen LogP contribution in [0.25, 0.3) is 0 Å². The zero-order valence-corrected chi connectivity index (χ0v) is 12.5. The number of nitrogens with zero attached hydrogens (tertiary/aromatic N) is 5. The third-order valence-electron chi connectivity index (χ3n) is 3.13. The monoisotopic (exact) mass is 287 g/mol. The summed E-state index contributed by atoms with van der Waals surface area (Å²) in [5.41, 5.74) is 6.96. The van der Waals surface area contributed by atoms with E-state index in [1.165, 1.54) is 5.56 Å². The van der Waals surface area contributed by atoms with Crippen molar-refractivity contribution in [1.82, 2.24) is 19.9 Å². The van der Waals surface area contributed by atoms with E-state index in [-0.39, 0.29) is 5.95 Å². The van der Waals surface area contributed by atoms with Crippen LogP contribution >= 0.6 is 0 Å². The van der Waals surface area contributed by atoms with Gasteiger partial charge in [0.25, 0.3) is 0 Å². The molecular weight excluding hydrogens is 266 g/mol. The maximum atomic E-state index is 5.75. The maximum absolute atomic E-state index is 5.75. The molecule has 0 saturated heterocycles. The lowest BCUT2D eigenvalue weighted by Gasteiger charge is -2.19. The molecule has 0 aliphatic carbocycles. The second-order valence-electron chi connectivity index (χ2n) is 4.52. The highest BCUT2D eigenvalue weighted by Crippen LogP contribution is 2.11. The molecule has 112 valence electrons. The molecule has 0 aliphatic rings. The summed E-state index contributed by atoms with van der Waals surface area (Å²) in [6.07, 6.45) is 4.44. The Morgan fingerprint density at radius 2 is 1.81 bits per heavy atom. The van der Waals surface area contributed by atoms with E-state index in [4.69, 9.17) is 5.73 Å². The second kappa shape index (κ2) is 7.37. The number of nitrogens with two attached hydrogens (primary N) is 1. The van der Waals surface area contributed by atoms with Crippen molar-refractivity contribution in [3.8, 4) is 0 Å². The van der Waals surface area contributed by atoms with Crippen molar-refractivity contribution in [2.75, 3.05) is 35.6 Å². The maximum Gasteiger partial charge on any atom is 0.231 e. The van der Waals surface area contributed by atoms with E-state index in [0.717, 1.165) is 26.1 Å². The first kappa shape index (κ1) is 15.0. The first-order valence-corrected chi connectivity index (χ1v) is 7.12. The lowest BCUT2D eigenvalue weighted by atomic mass is 10.2. The summed E-state index contributed by atoms with van der Waals surface area (Å²) in [7, 11) is 0. The van der Waals surface area contributed by atoms with Gasteiger partial charge in [-0.05, 0) is 38.0 Å². The van der Waals surface area contributed by atoms with Gasteiger partial charge in [0.2, 0.25) is 17.8 Å². The molecule has 3 N–H and O–H groups in total. The number of aromatic nitrogens is 4. The van der Waals surface area contributed by atoms with E-state index in [1.807, 2.05) is 17.0 Å². The molecule has 0 amide bonds. The number of rotatable bonds is 7. The molecular formula is C14H21N7. The third kappa shape index (κ3) is 4.27. The Morgan fingerprint density at radius 3 is 2.48 bits per heavy atom. The van der Waals surface area contributed by atoms with Gasteiger partial charge in [0.1, 0.15) is 0 Å². The molecule has 0 unspecified atom stereocenters. The van der Waals surface area contributed by atoms with Gasteiger partial charge in [0.15, 0.2) is 0 Å². The standard InChI is InChI=1S/C14H21N7/c1-3-21(4-2)14-19-12(15)18-13(20-14)17-10-7-11-5-8-16-9-6-11/h5-6,8-9H,3-4,7,10H2,1-2H3,(H3,15,17,18,19,20). The summed E-state index contributed by atoms with van der Waals surface area (Å²) in [6, 6.07) is 3.98. The van der Waals surface area contributed by atoms with Crippen LogP contribution in [-0.2, 0) is 6.42 Å². The van der Waals surface area contributed by atoms with Crippen LogP contribution in [-0.4, -0.2) is 39.6 Å². The van der Waals surface area contributed by atoms with Crippen molar-refractivity contribution in [3.63, 3.8) is 0 Å². The van der Waals surface area contributed by atoms with Crippen molar-refractivity contribution in [2.45, 2.75) is 20.3 Å². The van der Waals surface area contributed by atoms with Crippen molar-refractivity contribution in [1.29, 1.82) is 0 Å². The topological polar surface area (TPSA) is 92.9 Å². The van der Waals surface area contributed by atoms with Gasteiger partial charge in [-0.3, -0.25) is 4.98 Å². The molecule has 0 aromatic carbocycles. The summed E-state index contributed by atoms with van der Waals surface area (Å²) in [5, 5.41) is 3.19. The summed E-state index contributed by atoms with van der Waals surface area (Å²) >= 11 is 0.